The van der Waals surface area contributed by atoms with Gasteiger partial charge in [-0.1, -0.05) is 40.0 Å². The molecule has 78 valence electrons. The van der Waals surface area contributed by atoms with Crippen molar-refractivity contribution in [3.63, 3.8) is 0 Å². The van der Waals surface area contributed by atoms with E-state index in [2.05, 4.69) is 20.8 Å². The molecule has 0 aliphatic heterocycles. The van der Waals surface area contributed by atoms with Crippen LogP contribution >= 0.6 is 0 Å². The summed E-state index contributed by atoms with van der Waals surface area (Å²) in [6.45, 7) is 8.49. The molecule has 0 aromatic carbocycles. The molecule has 0 saturated carbocycles. The highest BCUT2D eigenvalue weighted by Gasteiger charge is 2.11. The normalized spacial score (nSPS) is 15.4. The first-order valence-corrected chi connectivity index (χ1v) is 5.57. The van der Waals surface area contributed by atoms with Gasteiger partial charge in [-0.3, -0.25) is 0 Å². The summed E-state index contributed by atoms with van der Waals surface area (Å²) < 4.78 is 0. The molecule has 0 bridgehead atoms. The minimum absolute atomic E-state index is 0.328. The zero-order valence-corrected chi connectivity index (χ0v) is 9.60. The van der Waals surface area contributed by atoms with Crippen molar-refractivity contribution in [2.45, 2.75) is 59.8 Å². The number of hydrogen-bond donors (Lipinski definition) is 0. The van der Waals surface area contributed by atoms with E-state index in [1.54, 1.807) is 6.92 Å². The van der Waals surface area contributed by atoms with Gasteiger partial charge < -0.3 is 4.79 Å². The third-order valence-electron chi connectivity index (χ3n) is 2.94. The zero-order valence-electron chi connectivity index (χ0n) is 9.60. The van der Waals surface area contributed by atoms with Crippen molar-refractivity contribution < 1.29 is 4.79 Å². The van der Waals surface area contributed by atoms with Crippen LogP contribution in [-0.2, 0) is 4.79 Å². The van der Waals surface area contributed by atoms with E-state index in [0.717, 1.165) is 18.8 Å². The summed E-state index contributed by atoms with van der Waals surface area (Å²) in [6.07, 6.45) is 5.75. The van der Waals surface area contributed by atoms with E-state index in [4.69, 9.17) is 0 Å². The van der Waals surface area contributed by atoms with E-state index in [1.165, 1.54) is 19.3 Å². The molecule has 0 rings (SSSR count). The van der Waals surface area contributed by atoms with Gasteiger partial charge >= 0.3 is 0 Å². The molecule has 0 amide bonds. The van der Waals surface area contributed by atoms with Gasteiger partial charge in [-0.25, -0.2) is 0 Å². The number of hydrogen-bond acceptors (Lipinski definition) is 1. The molecule has 0 spiro atoms. The molecule has 2 unspecified atom stereocenters. The molecule has 0 aromatic rings. The first-order chi connectivity index (χ1) is 6.07. The third-order valence-corrected chi connectivity index (χ3v) is 2.94. The van der Waals surface area contributed by atoms with Gasteiger partial charge in [0.2, 0.25) is 0 Å². The highest BCUT2D eigenvalue weighted by molar-refractivity contribution is 5.75. The van der Waals surface area contributed by atoms with E-state index in [9.17, 15) is 4.79 Å². The van der Waals surface area contributed by atoms with Crippen molar-refractivity contribution in [2.24, 2.45) is 11.8 Å². The van der Waals surface area contributed by atoms with Crippen LogP contribution in [-0.4, -0.2) is 5.78 Å². The Balaban J connectivity index is 3.56. The van der Waals surface area contributed by atoms with Crippen molar-refractivity contribution in [3.8, 4) is 0 Å². The summed E-state index contributed by atoms with van der Waals surface area (Å²) in [5.41, 5.74) is 0. The van der Waals surface area contributed by atoms with Crippen LogP contribution in [0, 0.1) is 11.8 Å². The second kappa shape index (κ2) is 7.11. The van der Waals surface area contributed by atoms with Crippen molar-refractivity contribution in [1.82, 2.24) is 0 Å². The van der Waals surface area contributed by atoms with Crippen LogP contribution in [0.15, 0.2) is 0 Å². The van der Waals surface area contributed by atoms with Crippen LogP contribution in [0.25, 0.3) is 0 Å². The van der Waals surface area contributed by atoms with Gasteiger partial charge in [0.05, 0.1) is 0 Å². The maximum atomic E-state index is 10.8. The summed E-state index contributed by atoms with van der Waals surface area (Å²) >= 11 is 0. The van der Waals surface area contributed by atoms with E-state index in [0.29, 0.717) is 11.7 Å². The molecular weight excluding hydrogens is 160 g/mol. The molecule has 0 aliphatic rings. The fourth-order valence-electron chi connectivity index (χ4n) is 1.53. The maximum Gasteiger partial charge on any atom is 0.129 e. The second-order valence-electron chi connectivity index (χ2n) is 4.34. The van der Waals surface area contributed by atoms with E-state index < -0.39 is 0 Å². The van der Waals surface area contributed by atoms with Crippen molar-refractivity contribution in [2.75, 3.05) is 0 Å². The molecule has 0 aromatic heterocycles. The highest BCUT2D eigenvalue weighted by atomic mass is 16.1. The molecule has 0 N–H and O–H groups in total. The summed E-state index contributed by atoms with van der Waals surface area (Å²) in [6, 6.07) is 0. The highest BCUT2D eigenvalue weighted by Crippen LogP contribution is 2.21. The Bertz CT molecular complexity index is 140. The van der Waals surface area contributed by atoms with Gasteiger partial charge in [-0.2, -0.15) is 0 Å². The predicted molar refractivity (Wildman–Crippen MR) is 57.8 cm³/mol. The molecule has 0 radical (unpaired) electrons. The Morgan fingerprint density at radius 1 is 1.15 bits per heavy atom. The Morgan fingerprint density at radius 3 is 2.15 bits per heavy atom. The van der Waals surface area contributed by atoms with Crippen LogP contribution in [0.3, 0.4) is 0 Å². The fourth-order valence-corrected chi connectivity index (χ4v) is 1.53. The molecule has 13 heavy (non-hydrogen) atoms. The lowest BCUT2D eigenvalue weighted by molar-refractivity contribution is -0.117. The third kappa shape index (κ3) is 6.80. The number of Topliss-reactive ketones (excluding diaryl/α,β-unsaturated/α-hetero) is 1. The summed E-state index contributed by atoms with van der Waals surface area (Å²) in [4.78, 5) is 10.8. The maximum absolute atomic E-state index is 10.8. The van der Waals surface area contributed by atoms with Crippen LogP contribution in [0.2, 0.25) is 0 Å². The zero-order chi connectivity index (χ0) is 10.3. The van der Waals surface area contributed by atoms with Crippen molar-refractivity contribution in [1.29, 1.82) is 0 Å². The Morgan fingerprint density at radius 2 is 1.69 bits per heavy atom. The summed E-state index contributed by atoms with van der Waals surface area (Å²) in [5, 5.41) is 0. The van der Waals surface area contributed by atoms with Gasteiger partial charge in [0.25, 0.3) is 0 Å². The molecule has 1 nitrogen and oxygen atoms in total. The van der Waals surface area contributed by atoms with Crippen LogP contribution in [0.5, 0.6) is 0 Å². The standard InChI is InChI=1S/C12H24O/c1-5-6-7-10(2)11(3)8-9-12(4)13/h10-11H,5-9H2,1-4H3. The van der Waals surface area contributed by atoms with Gasteiger partial charge in [-0.15, -0.1) is 0 Å². The number of carbonyl (C=O) groups is 1. The lowest BCUT2D eigenvalue weighted by Crippen LogP contribution is -2.09. The second-order valence-corrected chi connectivity index (χ2v) is 4.34. The molecule has 0 fully saturated rings. The first kappa shape index (κ1) is 12.7. The number of ketones is 1. The Kier molecular flexibility index (Phi) is 6.93. The van der Waals surface area contributed by atoms with Gasteiger partial charge in [0, 0.05) is 6.42 Å². The van der Waals surface area contributed by atoms with Gasteiger partial charge in [0.1, 0.15) is 5.78 Å². The molecule has 0 heterocycles. The van der Waals surface area contributed by atoms with E-state index in [-0.39, 0.29) is 0 Å². The number of rotatable bonds is 7. The Labute approximate surface area is 82.9 Å². The molecular formula is C12H24O. The van der Waals surface area contributed by atoms with Crippen LogP contribution in [0.1, 0.15) is 59.8 Å². The smallest absolute Gasteiger partial charge is 0.129 e. The van der Waals surface area contributed by atoms with Crippen LogP contribution in [0.4, 0.5) is 0 Å². The number of unbranched alkanes of at least 4 members (excludes halogenated alkanes) is 1. The monoisotopic (exact) mass is 184 g/mol. The van der Waals surface area contributed by atoms with Crippen LogP contribution < -0.4 is 0 Å². The predicted octanol–water partition coefficient (Wildman–Crippen LogP) is 3.82. The largest absolute Gasteiger partial charge is 0.300 e. The average molecular weight is 184 g/mol. The van der Waals surface area contributed by atoms with E-state index in [1.807, 2.05) is 0 Å². The fraction of sp³-hybridized carbons (Fsp3) is 0.917. The summed E-state index contributed by atoms with van der Waals surface area (Å²) in [5.74, 6) is 1.81. The topological polar surface area (TPSA) is 17.1 Å². The molecule has 2 atom stereocenters. The van der Waals surface area contributed by atoms with Gasteiger partial charge in [0.15, 0.2) is 0 Å². The average Bonchev–Trinajstić information content (AvgIpc) is 2.10. The Hall–Kier alpha value is -0.330. The lowest BCUT2D eigenvalue weighted by atomic mass is 9.87. The van der Waals surface area contributed by atoms with Crippen molar-refractivity contribution >= 4 is 5.78 Å². The van der Waals surface area contributed by atoms with Gasteiger partial charge in [-0.05, 0) is 25.2 Å². The minimum Gasteiger partial charge on any atom is -0.300 e. The lowest BCUT2D eigenvalue weighted by Gasteiger charge is -2.18. The first-order valence-electron chi connectivity index (χ1n) is 5.57. The molecule has 0 aliphatic carbocycles. The molecule has 1 heteroatoms. The van der Waals surface area contributed by atoms with E-state index >= 15 is 0 Å². The summed E-state index contributed by atoms with van der Waals surface area (Å²) in [7, 11) is 0. The number of carbonyl (C=O) groups excluding carboxylic acids is 1. The molecule has 0 saturated heterocycles. The minimum atomic E-state index is 0.328. The quantitative estimate of drug-likeness (QED) is 0.588. The SMILES string of the molecule is CCCCC(C)C(C)CCC(C)=O. The van der Waals surface area contributed by atoms with Crippen molar-refractivity contribution in [3.05, 3.63) is 0 Å².